The number of hydrogen-bond acceptors (Lipinski definition) is 8. The molecule has 0 radical (unpaired) electrons. The van der Waals surface area contributed by atoms with Crippen molar-refractivity contribution < 1.29 is 38.1 Å². The number of ether oxygens (including phenoxy) is 4. The molecule has 0 aliphatic carbocycles. The van der Waals surface area contributed by atoms with Crippen molar-refractivity contribution in [3.63, 3.8) is 0 Å². The van der Waals surface area contributed by atoms with Gasteiger partial charge < -0.3 is 18.9 Å². The molecular formula is C12H16O8. The maximum absolute atomic E-state index is 11.2. The van der Waals surface area contributed by atoms with E-state index in [1.807, 2.05) is 0 Å². The summed E-state index contributed by atoms with van der Waals surface area (Å²) in [6, 6.07) is 0. The molecule has 0 aromatic heterocycles. The van der Waals surface area contributed by atoms with Crippen LogP contribution >= 0.6 is 0 Å². The lowest BCUT2D eigenvalue weighted by Gasteiger charge is -2.09. The van der Waals surface area contributed by atoms with Gasteiger partial charge in [0, 0.05) is 12.2 Å². The van der Waals surface area contributed by atoms with Gasteiger partial charge in [-0.1, -0.05) is 0 Å². The molecule has 0 aliphatic heterocycles. The second-order valence-electron chi connectivity index (χ2n) is 3.54. The Bertz CT molecular complexity index is 374. The predicted molar refractivity (Wildman–Crippen MR) is 64.3 cm³/mol. The Hall–Kier alpha value is -2.38. The molecule has 20 heavy (non-hydrogen) atoms. The van der Waals surface area contributed by atoms with Crippen LogP contribution < -0.4 is 0 Å². The maximum atomic E-state index is 11.2. The first-order valence-electron chi connectivity index (χ1n) is 5.56. The summed E-state index contributed by atoms with van der Waals surface area (Å²) in [6.07, 6.45) is -0.651. The third-order valence-electron chi connectivity index (χ3n) is 2.01. The zero-order valence-corrected chi connectivity index (χ0v) is 11.6. The third-order valence-corrected chi connectivity index (χ3v) is 2.01. The molecule has 112 valence electrons. The lowest BCUT2D eigenvalue weighted by molar-refractivity contribution is -0.162. The fourth-order valence-corrected chi connectivity index (χ4v) is 0.991. The van der Waals surface area contributed by atoms with Crippen molar-refractivity contribution in [2.75, 3.05) is 14.2 Å². The molecule has 0 N–H and O–H groups in total. The number of esters is 4. The van der Waals surface area contributed by atoms with Crippen LogP contribution in [0, 0.1) is 0 Å². The van der Waals surface area contributed by atoms with E-state index in [0.29, 0.717) is 0 Å². The van der Waals surface area contributed by atoms with Gasteiger partial charge in [0.05, 0.1) is 14.2 Å². The molecule has 0 unspecified atom stereocenters. The molecule has 0 bridgehead atoms. The zero-order chi connectivity index (χ0) is 15.7. The summed E-state index contributed by atoms with van der Waals surface area (Å²) in [6.45, 7) is 2.63. The molecule has 0 rings (SSSR count). The van der Waals surface area contributed by atoms with Gasteiger partial charge in [0.25, 0.3) is 0 Å². The number of rotatable bonds is 6. The van der Waals surface area contributed by atoms with Gasteiger partial charge in [-0.3, -0.25) is 0 Å². The van der Waals surface area contributed by atoms with Crippen LogP contribution in [0.4, 0.5) is 0 Å². The normalized spacial score (nSPS) is 13.2. The highest BCUT2D eigenvalue weighted by Crippen LogP contribution is 1.98. The number of carbonyl (C=O) groups excluding carboxylic acids is 4. The fraction of sp³-hybridized carbons (Fsp3) is 0.500. The number of hydrogen-bond donors (Lipinski definition) is 0. The molecule has 0 spiro atoms. The number of carbonyl (C=O) groups is 4. The molecule has 8 nitrogen and oxygen atoms in total. The van der Waals surface area contributed by atoms with E-state index in [9.17, 15) is 19.2 Å². The Balaban J connectivity index is 4.28. The van der Waals surface area contributed by atoms with Crippen LogP contribution in [0.3, 0.4) is 0 Å². The first-order chi connectivity index (χ1) is 9.31. The first kappa shape index (κ1) is 17.6. The van der Waals surface area contributed by atoms with E-state index in [-0.39, 0.29) is 0 Å². The van der Waals surface area contributed by atoms with E-state index in [4.69, 9.17) is 0 Å². The minimum absolute atomic E-state index is 0.728. The van der Waals surface area contributed by atoms with Gasteiger partial charge in [0.15, 0.2) is 12.2 Å². The lowest BCUT2D eigenvalue weighted by Crippen LogP contribution is -2.25. The Morgan fingerprint density at radius 2 is 1.05 bits per heavy atom. The van der Waals surface area contributed by atoms with Gasteiger partial charge >= 0.3 is 23.9 Å². The highest BCUT2D eigenvalue weighted by Gasteiger charge is 2.18. The van der Waals surface area contributed by atoms with Crippen LogP contribution in [0.15, 0.2) is 12.2 Å². The summed E-state index contributed by atoms with van der Waals surface area (Å²) in [5.41, 5.74) is 0. The summed E-state index contributed by atoms with van der Waals surface area (Å²) in [7, 11) is 2.29. The quantitative estimate of drug-likeness (QED) is 0.374. The van der Waals surface area contributed by atoms with Gasteiger partial charge in [-0.25, -0.2) is 19.2 Å². The second-order valence-corrected chi connectivity index (χ2v) is 3.54. The van der Waals surface area contributed by atoms with Crippen molar-refractivity contribution >= 4 is 23.9 Å². The van der Waals surface area contributed by atoms with E-state index in [2.05, 4.69) is 18.9 Å². The van der Waals surface area contributed by atoms with E-state index >= 15 is 0 Å². The minimum Gasteiger partial charge on any atom is -0.466 e. The van der Waals surface area contributed by atoms with Crippen molar-refractivity contribution in [3.05, 3.63) is 12.2 Å². The lowest BCUT2D eigenvalue weighted by atomic mass is 10.4. The van der Waals surface area contributed by atoms with Crippen LogP contribution in [0.2, 0.25) is 0 Å². The Morgan fingerprint density at radius 3 is 1.30 bits per heavy atom. The molecule has 0 aromatic carbocycles. The molecular weight excluding hydrogens is 272 g/mol. The summed E-state index contributed by atoms with van der Waals surface area (Å²) in [4.78, 5) is 44.4. The topological polar surface area (TPSA) is 105 Å². The van der Waals surface area contributed by atoms with Crippen LogP contribution in [-0.4, -0.2) is 50.3 Å². The Kier molecular flexibility index (Phi) is 7.64. The smallest absolute Gasteiger partial charge is 0.346 e. The molecule has 0 saturated heterocycles. The van der Waals surface area contributed by atoms with E-state index in [1.54, 1.807) is 0 Å². The highest BCUT2D eigenvalue weighted by atomic mass is 16.6. The standard InChI is InChI=1S/C12H16O8/c1-7(11(15)17-3)19-9(13)5-6-10(14)20-8(2)12(16)18-4/h5-8H,1-4H3/b6-5+/t7-,8-/m0/s1. The summed E-state index contributed by atoms with van der Waals surface area (Å²) in [5, 5.41) is 0. The molecule has 0 aliphatic rings. The molecule has 0 amide bonds. The van der Waals surface area contributed by atoms with Crippen LogP contribution in [0.1, 0.15) is 13.8 Å². The minimum atomic E-state index is -1.10. The molecule has 8 heteroatoms. The Labute approximate surface area is 115 Å². The summed E-state index contributed by atoms with van der Waals surface area (Å²) in [5.74, 6) is -3.31. The average Bonchev–Trinajstić information content (AvgIpc) is 2.42. The predicted octanol–water partition coefficient (Wildman–Crippen LogP) is -0.248. The average molecular weight is 288 g/mol. The fourth-order valence-electron chi connectivity index (χ4n) is 0.991. The molecule has 0 fully saturated rings. The van der Waals surface area contributed by atoms with E-state index in [0.717, 1.165) is 26.4 Å². The van der Waals surface area contributed by atoms with Crippen molar-refractivity contribution in [3.8, 4) is 0 Å². The van der Waals surface area contributed by atoms with Gasteiger partial charge in [-0.05, 0) is 13.8 Å². The monoisotopic (exact) mass is 288 g/mol. The third kappa shape index (κ3) is 6.53. The molecule has 0 heterocycles. The van der Waals surface area contributed by atoms with E-state index in [1.165, 1.54) is 13.8 Å². The SMILES string of the molecule is COC(=O)[C@H](C)OC(=O)/C=C/C(=O)O[C@@H](C)C(=O)OC. The molecule has 0 saturated carbocycles. The first-order valence-corrected chi connectivity index (χ1v) is 5.56. The zero-order valence-electron chi connectivity index (χ0n) is 11.6. The molecule has 0 aromatic rings. The van der Waals surface area contributed by atoms with Crippen molar-refractivity contribution in [1.29, 1.82) is 0 Å². The van der Waals surface area contributed by atoms with E-state index < -0.39 is 36.1 Å². The number of methoxy groups -OCH3 is 2. The van der Waals surface area contributed by atoms with Crippen molar-refractivity contribution in [2.24, 2.45) is 0 Å². The van der Waals surface area contributed by atoms with Gasteiger partial charge in [-0.15, -0.1) is 0 Å². The van der Waals surface area contributed by atoms with Gasteiger partial charge in [-0.2, -0.15) is 0 Å². The van der Waals surface area contributed by atoms with Crippen LogP contribution in [0.25, 0.3) is 0 Å². The van der Waals surface area contributed by atoms with Crippen LogP contribution in [0.5, 0.6) is 0 Å². The molecule has 2 atom stereocenters. The second kappa shape index (κ2) is 8.68. The van der Waals surface area contributed by atoms with Crippen molar-refractivity contribution in [2.45, 2.75) is 26.1 Å². The van der Waals surface area contributed by atoms with Gasteiger partial charge in [0.1, 0.15) is 0 Å². The van der Waals surface area contributed by atoms with Crippen molar-refractivity contribution in [1.82, 2.24) is 0 Å². The summed E-state index contributed by atoms with van der Waals surface area (Å²) >= 11 is 0. The van der Waals surface area contributed by atoms with Crippen LogP contribution in [-0.2, 0) is 38.1 Å². The Morgan fingerprint density at radius 1 is 0.750 bits per heavy atom. The summed E-state index contributed by atoms with van der Waals surface area (Å²) < 4.78 is 17.9. The highest BCUT2D eigenvalue weighted by molar-refractivity contribution is 5.93. The largest absolute Gasteiger partial charge is 0.466 e. The van der Waals surface area contributed by atoms with Gasteiger partial charge in [0.2, 0.25) is 0 Å². The maximum Gasteiger partial charge on any atom is 0.346 e.